The van der Waals surface area contributed by atoms with E-state index in [0.717, 1.165) is 37.1 Å². The van der Waals surface area contributed by atoms with Crippen LogP contribution in [0.25, 0.3) is 0 Å². The summed E-state index contributed by atoms with van der Waals surface area (Å²) in [6.45, 7) is 2.86. The summed E-state index contributed by atoms with van der Waals surface area (Å²) < 4.78 is 0. The minimum Gasteiger partial charge on any atom is -0.350 e. The summed E-state index contributed by atoms with van der Waals surface area (Å²) in [7, 11) is 0. The van der Waals surface area contributed by atoms with Crippen molar-refractivity contribution >= 4 is 40.7 Å². The van der Waals surface area contributed by atoms with Gasteiger partial charge in [-0.3, -0.25) is 14.4 Å². The van der Waals surface area contributed by atoms with E-state index in [1.54, 1.807) is 54.6 Å². The molecule has 6 nitrogen and oxygen atoms in total. The van der Waals surface area contributed by atoms with E-state index >= 15 is 0 Å². The van der Waals surface area contributed by atoms with Gasteiger partial charge in [0.15, 0.2) is 0 Å². The van der Waals surface area contributed by atoms with Crippen LogP contribution in [0.4, 0.5) is 11.4 Å². The summed E-state index contributed by atoms with van der Waals surface area (Å²) in [5, 5.41) is 2.79. The second-order valence-electron chi connectivity index (χ2n) is 7.73. The van der Waals surface area contributed by atoms with Crippen molar-refractivity contribution in [2.45, 2.75) is 38.6 Å². The molecule has 1 unspecified atom stereocenters. The van der Waals surface area contributed by atoms with Crippen LogP contribution in [0.2, 0.25) is 0 Å². The van der Waals surface area contributed by atoms with Gasteiger partial charge in [0.2, 0.25) is 0 Å². The Bertz CT molecular complexity index is 1050. The fourth-order valence-electron chi connectivity index (χ4n) is 4.16. The minimum atomic E-state index is -0.577. The summed E-state index contributed by atoms with van der Waals surface area (Å²) in [4.78, 5) is 41.6. The number of piperidine rings is 1. The van der Waals surface area contributed by atoms with Gasteiger partial charge in [0, 0.05) is 23.8 Å². The van der Waals surface area contributed by atoms with Crippen LogP contribution in [0.3, 0.4) is 0 Å². The fourth-order valence-corrected chi connectivity index (χ4v) is 4.37. The smallest absolute Gasteiger partial charge is 0.283 e. The highest BCUT2D eigenvalue weighted by atomic mass is 35.5. The zero-order valence-corrected chi connectivity index (χ0v) is 18.1. The third-order valence-corrected chi connectivity index (χ3v) is 6.13. The second-order valence-corrected chi connectivity index (χ2v) is 8.11. The fraction of sp³-hybridized carbons (Fsp3) is 0.292. The number of anilines is 2. The first-order chi connectivity index (χ1) is 15.0. The molecule has 160 valence electrons. The number of nitrogens with one attached hydrogen (secondary N) is 1. The van der Waals surface area contributed by atoms with Gasteiger partial charge in [-0.25, -0.2) is 4.90 Å². The molecule has 0 aromatic heterocycles. The molecule has 31 heavy (non-hydrogen) atoms. The molecule has 1 fully saturated rings. The number of carbonyl (C=O) groups excluding carboxylic acids is 3. The molecule has 1 saturated heterocycles. The lowest BCUT2D eigenvalue weighted by molar-refractivity contribution is -0.120. The van der Waals surface area contributed by atoms with Crippen LogP contribution < -0.4 is 10.2 Å². The number of carbonyl (C=O) groups is 3. The number of hydrogen-bond acceptors (Lipinski definition) is 4. The largest absolute Gasteiger partial charge is 0.350 e. The number of halogens is 1. The van der Waals surface area contributed by atoms with Crippen LogP contribution in [-0.4, -0.2) is 35.2 Å². The first-order valence-electron chi connectivity index (χ1n) is 10.5. The van der Waals surface area contributed by atoms with Crippen LogP contribution in [0, 0.1) is 0 Å². The Morgan fingerprint density at radius 3 is 2.58 bits per heavy atom. The number of para-hydroxylation sites is 1. The quantitative estimate of drug-likeness (QED) is 0.698. The van der Waals surface area contributed by atoms with Crippen molar-refractivity contribution in [1.82, 2.24) is 4.90 Å². The highest BCUT2D eigenvalue weighted by Gasteiger charge is 2.39. The van der Waals surface area contributed by atoms with Crippen LogP contribution in [0.1, 0.15) is 43.0 Å². The van der Waals surface area contributed by atoms with Crippen molar-refractivity contribution in [3.8, 4) is 0 Å². The summed E-state index contributed by atoms with van der Waals surface area (Å²) in [6, 6.07) is 15.8. The van der Waals surface area contributed by atoms with Crippen molar-refractivity contribution in [3.05, 3.63) is 70.9 Å². The SMILES string of the molecule is CCC1CCCCN1C(=O)c1cccc(NC2=C(Cl)C(=O)N(c3ccccc3)C2=O)c1. The molecule has 1 atom stereocenters. The summed E-state index contributed by atoms with van der Waals surface area (Å²) in [5.41, 5.74) is 1.52. The molecule has 2 heterocycles. The van der Waals surface area contributed by atoms with Crippen molar-refractivity contribution in [1.29, 1.82) is 0 Å². The molecule has 0 aliphatic carbocycles. The van der Waals surface area contributed by atoms with Crippen LogP contribution in [0.15, 0.2) is 65.3 Å². The molecule has 7 heteroatoms. The molecule has 0 saturated carbocycles. The van der Waals surface area contributed by atoms with E-state index in [4.69, 9.17) is 11.6 Å². The topological polar surface area (TPSA) is 69.7 Å². The van der Waals surface area contributed by atoms with Gasteiger partial charge < -0.3 is 10.2 Å². The van der Waals surface area contributed by atoms with Gasteiger partial charge in [-0.1, -0.05) is 42.8 Å². The first-order valence-corrected chi connectivity index (χ1v) is 10.9. The number of amides is 3. The summed E-state index contributed by atoms with van der Waals surface area (Å²) in [6.07, 6.45) is 4.10. The maximum Gasteiger partial charge on any atom is 0.283 e. The Kier molecular flexibility index (Phi) is 6.09. The van der Waals surface area contributed by atoms with E-state index in [-0.39, 0.29) is 22.7 Å². The number of nitrogens with zero attached hydrogens (tertiary/aromatic N) is 2. The van der Waals surface area contributed by atoms with Gasteiger partial charge >= 0.3 is 0 Å². The van der Waals surface area contributed by atoms with E-state index in [1.165, 1.54) is 0 Å². The summed E-state index contributed by atoms with van der Waals surface area (Å²) >= 11 is 6.21. The molecular formula is C24H24ClN3O3. The zero-order chi connectivity index (χ0) is 22.0. The molecule has 2 aliphatic heterocycles. The van der Waals surface area contributed by atoms with Crippen molar-refractivity contribution in [2.24, 2.45) is 0 Å². The first kappa shape index (κ1) is 21.1. The Labute approximate surface area is 186 Å². The highest BCUT2D eigenvalue weighted by Crippen LogP contribution is 2.30. The van der Waals surface area contributed by atoms with E-state index in [9.17, 15) is 14.4 Å². The number of benzene rings is 2. The highest BCUT2D eigenvalue weighted by molar-refractivity contribution is 6.53. The number of imide groups is 1. The number of likely N-dealkylation sites (tertiary alicyclic amines) is 1. The van der Waals surface area contributed by atoms with E-state index in [0.29, 0.717) is 16.9 Å². The third-order valence-electron chi connectivity index (χ3n) is 5.78. The maximum absolute atomic E-state index is 13.1. The molecule has 0 radical (unpaired) electrons. The Balaban J connectivity index is 1.56. The predicted octanol–water partition coefficient (Wildman–Crippen LogP) is 4.53. The van der Waals surface area contributed by atoms with Crippen molar-refractivity contribution in [3.63, 3.8) is 0 Å². The van der Waals surface area contributed by atoms with E-state index in [1.807, 2.05) is 4.90 Å². The molecule has 2 aromatic rings. The standard InChI is InChI=1S/C24H24ClN3O3/c1-2-18-11-6-7-14-27(18)22(29)16-9-8-10-17(15-16)26-21-20(25)23(30)28(24(21)31)19-12-4-3-5-13-19/h3-5,8-10,12-13,15,18,26H,2,6-7,11,14H2,1H3. The molecule has 2 aliphatic rings. The summed E-state index contributed by atoms with van der Waals surface area (Å²) in [5.74, 6) is -1.12. The monoisotopic (exact) mass is 437 g/mol. The Hall–Kier alpha value is -3.12. The van der Waals surface area contributed by atoms with Crippen molar-refractivity contribution in [2.75, 3.05) is 16.8 Å². The average molecular weight is 438 g/mol. The lowest BCUT2D eigenvalue weighted by Gasteiger charge is -2.35. The zero-order valence-electron chi connectivity index (χ0n) is 17.3. The van der Waals surface area contributed by atoms with Gasteiger partial charge in [0.05, 0.1) is 5.69 Å². The molecule has 4 rings (SSSR count). The molecule has 3 amide bonds. The predicted molar refractivity (Wildman–Crippen MR) is 121 cm³/mol. The number of hydrogen-bond donors (Lipinski definition) is 1. The molecule has 2 aromatic carbocycles. The molecule has 1 N–H and O–H groups in total. The lowest BCUT2D eigenvalue weighted by Crippen LogP contribution is -2.43. The molecular weight excluding hydrogens is 414 g/mol. The van der Waals surface area contributed by atoms with Gasteiger partial charge in [-0.15, -0.1) is 0 Å². The number of rotatable bonds is 5. The average Bonchev–Trinajstić information content (AvgIpc) is 3.02. The van der Waals surface area contributed by atoms with E-state index < -0.39 is 11.8 Å². The van der Waals surface area contributed by atoms with Gasteiger partial charge in [0.1, 0.15) is 10.7 Å². The van der Waals surface area contributed by atoms with Gasteiger partial charge in [-0.05, 0) is 56.0 Å². The van der Waals surface area contributed by atoms with Gasteiger partial charge in [0.25, 0.3) is 17.7 Å². The van der Waals surface area contributed by atoms with Crippen LogP contribution in [-0.2, 0) is 9.59 Å². The van der Waals surface area contributed by atoms with Crippen LogP contribution in [0.5, 0.6) is 0 Å². The normalized spacial score (nSPS) is 19.2. The maximum atomic E-state index is 13.1. The van der Waals surface area contributed by atoms with Crippen LogP contribution >= 0.6 is 11.6 Å². The third kappa shape index (κ3) is 4.08. The van der Waals surface area contributed by atoms with Gasteiger partial charge in [-0.2, -0.15) is 0 Å². The van der Waals surface area contributed by atoms with E-state index in [2.05, 4.69) is 12.2 Å². The lowest BCUT2D eigenvalue weighted by atomic mass is 9.99. The molecule has 0 bridgehead atoms. The minimum absolute atomic E-state index is 0.00419. The molecule has 0 spiro atoms. The second kappa shape index (κ2) is 8.94. The Morgan fingerprint density at radius 2 is 1.84 bits per heavy atom. The van der Waals surface area contributed by atoms with Crippen molar-refractivity contribution < 1.29 is 14.4 Å². The Morgan fingerprint density at radius 1 is 1.06 bits per heavy atom.